The van der Waals surface area contributed by atoms with Gasteiger partial charge in [-0.2, -0.15) is 0 Å². The van der Waals surface area contributed by atoms with E-state index in [1.807, 2.05) is 12.3 Å². The molecule has 18 heavy (non-hydrogen) atoms. The number of hydrogen-bond acceptors (Lipinski definition) is 5. The summed E-state index contributed by atoms with van der Waals surface area (Å²) in [6.45, 7) is 4.19. The summed E-state index contributed by atoms with van der Waals surface area (Å²) in [4.78, 5) is 17.4. The van der Waals surface area contributed by atoms with Crippen molar-refractivity contribution in [3.8, 4) is 0 Å². The van der Waals surface area contributed by atoms with Crippen molar-refractivity contribution in [2.75, 3.05) is 19.8 Å². The molecule has 0 aliphatic carbocycles. The number of aryl methyl sites for hydroxylation is 1. The lowest BCUT2D eigenvalue weighted by Crippen LogP contribution is -2.35. The van der Waals surface area contributed by atoms with E-state index in [-0.39, 0.29) is 11.7 Å². The van der Waals surface area contributed by atoms with Gasteiger partial charge in [0.25, 0.3) is 5.56 Å². The van der Waals surface area contributed by atoms with Gasteiger partial charge in [0.1, 0.15) is 4.83 Å². The van der Waals surface area contributed by atoms with Crippen LogP contribution in [0, 0.1) is 6.92 Å². The minimum absolute atomic E-state index is 0.00734. The minimum Gasteiger partial charge on any atom is -0.376 e. The van der Waals surface area contributed by atoms with Crippen LogP contribution in [0.1, 0.15) is 5.56 Å². The van der Waals surface area contributed by atoms with E-state index in [9.17, 15) is 4.79 Å². The highest BCUT2D eigenvalue weighted by atomic mass is 32.1. The molecule has 3 heterocycles. The van der Waals surface area contributed by atoms with Crippen LogP contribution < -0.4 is 5.56 Å². The summed E-state index contributed by atoms with van der Waals surface area (Å²) < 4.78 is 12.5. The SMILES string of the molecule is Cc1csc2ncn(CC3COCCO3)c(=O)c12. The molecule has 6 heteroatoms. The highest BCUT2D eigenvalue weighted by molar-refractivity contribution is 7.16. The van der Waals surface area contributed by atoms with Crippen molar-refractivity contribution in [3.05, 3.63) is 27.6 Å². The average Bonchev–Trinajstić information content (AvgIpc) is 2.77. The molecular formula is C12H14N2O3S. The van der Waals surface area contributed by atoms with Crippen LogP contribution >= 0.6 is 11.3 Å². The number of thiophene rings is 1. The Labute approximate surface area is 108 Å². The summed E-state index contributed by atoms with van der Waals surface area (Å²) in [5.41, 5.74) is 0.996. The Morgan fingerprint density at radius 2 is 2.44 bits per heavy atom. The fraction of sp³-hybridized carbons (Fsp3) is 0.500. The number of fused-ring (bicyclic) bond motifs is 1. The largest absolute Gasteiger partial charge is 0.376 e. The monoisotopic (exact) mass is 266 g/mol. The van der Waals surface area contributed by atoms with Gasteiger partial charge in [0.15, 0.2) is 0 Å². The maximum Gasteiger partial charge on any atom is 0.262 e. The number of aromatic nitrogens is 2. The first kappa shape index (κ1) is 11.8. The van der Waals surface area contributed by atoms with Crippen molar-refractivity contribution in [2.24, 2.45) is 0 Å². The second-order valence-electron chi connectivity index (χ2n) is 4.37. The van der Waals surface area contributed by atoms with Crippen molar-refractivity contribution in [2.45, 2.75) is 19.6 Å². The third kappa shape index (κ3) is 2.07. The van der Waals surface area contributed by atoms with Gasteiger partial charge in [-0.15, -0.1) is 11.3 Å². The van der Waals surface area contributed by atoms with Crippen molar-refractivity contribution >= 4 is 21.6 Å². The Balaban J connectivity index is 1.94. The summed E-state index contributed by atoms with van der Waals surface area (Å²) >= 11 is 1.50. The number of ether oxygens (including phenoxy) is 2. The molecule has 96 valence electrons. The van der Waals surface area contributed by atoms with E-state index in [0.29, 0.717) is 26.4 Å². The maximum atomic E-state index is 12.3. The molecule has 0 bridgehead atoms. The zero-order valence-electron chi connectivity index (χ0n) is 10.1. The summed E-state index contributed by atoms with van der Waals surface area (Å²) in [6.07, 6.45) is 1.54. The molecule has 2 aromatic rings. The highest BCUT2D eigenvalue weighted by Gasteiger charge is 2.17. The van der Waals surface area contributed by atoms with Gasteiger partial charge >= 0.3 is 0 Å². The molecule has 1 fully saturated rings. The number of nitrogens with zero attached hydrogens (tertiary/aromatic N) is 2. The third-order valence-electron chi connectivity index (χ3n) is 3.03. The van der Waals surface area contributed by atoms with Gasteiger partial charge in [-0.3, -0.25) is 9.36 Å². The van der Waals surface area contributed by atoms with Gasteiger partial charge in [-0.05, 0) is 17.9 Å². The van der Waals surface area contributed by atoms with E-state index in [0.717, 1.165) is 15.8 Å². The van der Waals surface area contributed by atoms with Crippen LogP contribution in [0.25, 0.3) is 10.2 Å². The van der Waals surface area contributed by atoms with Crippen LogP contribution in [0.15, 0.2) is 16.5 Å². The van der Waals surface area contributed by atoms with Crippen molar-refractivity contribution < 1.29 is 9.47 Å². The molecule has 0 spiro atoms. The van der Waals surface area contributed by atoms with Crippen LogP contribution in [0.3, 0.4) is 0 Å². The summed E-state index contributed by atoms with van der Waals surface area (Å²) in [5, 5.41) is 2.68. The fourth-order valence-corrected chi connectivity index (χ4v) is 2.98. The Morgan fingerprint density at radius 3 is 3.22 bits per heavy atom. The normalized spacial score (nSPS) is 20.4. The van der Waals surface area contributed by atoms with Gasteiger partial charge in [-0.25, -0.2) is 4.98 Å². The molecule has 5 nitrogen and oxygen atoms in total. The van der Waals surface area contributed by atoms with E-state index >= 15 is 0 Å². The summed E-state index contributed by atoms with van der Waals surface area (Å²) in [5.74, 6) is 0. The predicted molar refractivity (Wildman–Crippen MR) is 69.2 cm³/mol. The first-order chi connectivity index (χ1) is 8.75. The van der Waals surface area contributed by atoms with Crippen LogP contribution in [-0.2, 0) is 16.0 Å². The third-order valence-corrected chi connectivity index (χ3v) is 4.03. The van der Waals surface area contributed by atoms with Gasteiger partial charge in [0, 0.05) is 0 Å². The summed E-state index contributed by atoms with van der Waals surface area (Å²) in [7, 11) is 0. The smallest absolute Gasteiger partial charge is 0.262 e. The Kier molecular flexibility index (Phi) is 3.15. The standard InChI is InChI=1S/C12H14N2O3S/c1-8-6-18-11-10(8)12(15)14(7-13-11)4-9-5-16-2-3-17-9/h6-7,9H,2-5H2,1H3. The fourth-order valence-electron chi connectivity index (χ4n) is 2.10. The highest BCUT2D eigenvalue weighted by Crippen LogP contribution is 2.19. The van der Waals surface area contributed by atoms with E-state index < -0.39 is 0 Å². The van der Waals surface area contributed by atoms with Crippen LogP contribution in [0.4, 0.5) is 0 Å². The molecule has 1 atom stereocenters. The molecule has 0 saturated carbocycles. The second kappa shape index (κ2) is 4.79. The van der Waals surface area contributed by atoms with Crippen molar-refractivity contribution in [1.82, 2.24) is 9.55 Å². The lowest BCUT2D eigenvalue weighted by Gasteiger charge is -2.23. The maximum absolute atomic E-state index is 12.3. The molecule has 3 rings (SSSR count). The molecule has 0 amide bonds. The van der Waals surface area contributed by atoms with Crippen LogP contribution in [0.2, 0.25) is 0 Å². The van der Waals surface area contributed by atoms with E-state index in [1.165, 1.54) is 11.3 Å². The van der Waals surface area contributed by atoms with Crippen LogP contribution in [-0.4, -0.2) is 35.5 Å². The van der Waals surface area contributed by atoms with Crippen LogP contribution in [0.5, 0.6) is 0 Å². The minimum atomic E-state index is -0.0605. The lowest BCUT2D eigenvalue weighted by atomic mass is 10.2. The quantitative estimate of drug-likeness (QED) is 0.819. The number of rotatable bonds is 2. The molecule has 2 aromatic heterocycles. The van der Waals surface area contributed by atoms with Gasteiger partial charge < -0.3 is 9.47 Å². The van der Waals surface area contributed by atoms with Gasteiger partial charge in [0.2, 0.25) is 0 Å². The van der Waals surface area contributed by atoms with Crippen molar-refractivity contribution in [3.63, 3.8) is 0 Å². The molecule has 1 unspecified atom stereocenters. The Bertz CT molecular complexity index is 613. The van der Waals surface area contributed by atoms with E-state index in [2.05, 4.69) is 4.98 Å². The molecule has 0 aromatic carbocycles. The average molecular weight is 266 g/mol. The topological polar surface area (TPSA) is 53.4 Å². The van der Waals surface area contributed by atoms with E-state index in [4.69, 9.17) is 9.47 Å². The second-order valence-corrected chi connectivity index (χ2v) is 5.23. The molecule has 0 N–H and O–H groups in total. The Morgan fingerprint density at radius 1 is 1.56 bits per heavy atom. The molecule has 1 aliphatic rings. The first-order valence-corrected chi connectivity index (χ1v) is 6.76. The number of hydrogen-bond donors (Lipinski definition) is 0. The summed E-state index contributed by atoms with van der Waals surface area (Å²) in [6, 6.07) is 0. The molecule has 0 radical (unpaired) electrons. The zero-order valence-corrected chi connectivity index (χ0v) is 10.9. The zero-order chi connectivity index (χ0) is 12.5. The van der Waals surface area contributed by atoms with E-state index in [1.54, 1.807) is 10.9 Å². The first-order valence-electron chi connectivity index (χ1n) is 5.88. The Hall–Kier alpha value is -1.24. The lowest BCUT2D eigenvalue weighted by molar-refractivity contribution is -0.0939. The molecule has 1 aliphatic heterocycles. The van der Waals surface area contributed by atoms with Gasteiger partial charge in [-0.1, -0.05) is 0 Å². The van der Waals surface area contributed by atoms with Crippen molar-refractivity contribution in [1.29, 1.82) is 0 Å². The molecule has 1 saturated heterocycles. The van der Waals surface area contributed by atoms with Gasteiger partial charge in [0.05, 0.1) is 44.2 Å². The molecular weight excluding hydrogens is 252 g/mol. The predicted octanol–water partition coefficient (Wildman–Crippen LogP) is 1.18.